The summed E-state index contributed by atoms with van der Waals surface area (Å²) in [6.45, 7) is 8.87. The predicted molar refractivity (Wildman–Crippen MR) is 175 cm³/mol. The van der Waals surface area contributed by atoms with Gasteiger partial charge in [-0.15, -0.1) is 21.5 Å². The third kappa shape index (κ3) is 7.74. The van der Waals surface area contributed by atoms with Gasteiger partial charge in [0.25, 0.3) is 5.91 Å². The molecule has 1 atom stereocenters. The summed E-state index contributed by atoms with van der Waals surface area (Å²) in [6, 6.07) is 14.5. The maximum absolute atomic E-state index is 13.5. The van der Waals surface area contributed by atoms with Crippen molar-refractivity contribution in [2.24, 2.45) is 0 Å². The summed E-state index contributed by atoms with van der Waals surface area (Å²) in [5.41, 5.74) is 2.55. The van der Waals surface area contributed by atoms with E-state index in [1.165, 1.54) is 0 Å². The number of rotatable bonds is 13. The van der Waals surface area contributed by atoms with E-state index < -0.39 is 23.1 Å². The van der Waals surface area contributed by atoms with Crippen LogP contribution in [0.25, 0.3) is 5.69 Å². The van der Waals surface area contributed by atoms with Gasteiger partial charge in [0.1, 0.15) is 15.6 Å². The first-order valence-corrected chi connectivity index (χ1v) is 16.2. The molecular formula is C32H35N5O7S2. The lowest BCUT2D eigenvalue weighted by molar-refractivity contribution is -0.115. The second kappa shape index (κ2) is 15.5. The van der Waals surface area contributed by atoms with Crippen LogP contribution < -0.4 is 15.4 Å². The third-order valence-corrected chi connectivity index (χ3v) is 8.92. The maximum Gasteiger partial charge on any atom is 0.348 e. The lowest BCUT2D eigenvalue weighted by Crippen LogP contribution is -2.25. The highest BCUT2D eigenvalue weighted by atomic mass is 32.2. The molecule has 0 radical (unpaired) electrons. The number of ether oxygens (including phenoxy) is 3. The van der Waals surface area contributed by atoms with Crippen molar-refractivity contribution in [2.45, 2.75) is 51.6 Å². The molecule has 0 spiro atoms. The van der Waals surface area contributed by atoms with Gasteiger partial charge in [-0.2, -0.15) is 0 Å². The molecule has 0 aliphatic carbocycles. The Kier molecular flexibility index (Phi) is 11.6. The molecule has 2 aromatic heterocycles. The van der Waals surface area contributed by atoms with Crippen LogP contribution in [0.15, 0.2) is 53.7 Å². The van der Waals surface area contributed by atoms with Gasteiger partial charge in [-0.1, -0.05) is 41.6 Å². The van der Waals surface area contributed by atoms with E-state index in [0.29, 0.717) is 33.5 Å². The van der Waals surface area contributed by atoms with E-state index in [1.54, 1.807) is 57.6 Å². The molecule has 12 nitrogen and oxygen atoms in total. The molecular weight excluding hydrogens is 631 g/mol. The van der Waals surface area contributed by atoms with E-state index in [1.807, 2.05) is 37.3 Å². The number of carbonyl (C=O) groups is 4. The zero-order valence-electron chi connectivity index (χ0n) is 26.3. The highest BCUT2D eigenvalue weighted by molar-refractivity contribution is 8.00. The molecule has 2 heterocycles. The summed E-state index contributed by atoms with van der Waals surface area (Å²) < 4.78 is 17.7. The number of hydrogen-bond donors (Lipinski definition) is 2. The van der Waals surface area contributed by atoms with E-state index in [-0.39, 0.29) is 41.1 Å². The number of anilines is 1. The number of carbonyl (C=O) groups excluding carboxylic acids is 4. The average molecular weight is 666 g/mol. The van der Waals surface area contributed by atoms with Gasteiger partial charge in [0.2, 0.25) is 5.91 Å². The number of benzene rings is 2. The van der Waals surface area contributed by atoms with Crippen molar-refractivity contribution in [1.82, 2.24) is 20.1 Å². The summed E-state index contributed by atoms with van der Waals surface area (Å²) in [5.74, 6) is -1.02. The van der Waals surface area contributed by atoms with Crippen molar-refractivity contribution < 1.29 is 33.4 Å². The van der Waals surface area contributed by atoms with Gasteiger partial charge < -0.3 is 24.8 Å². The van der Waals surface area contributed by atoms with Crippen molar-refractivity contribution in [1.29, 1.82) is 0 Å². The quantitative estimate of drug-likeness (QED) is 0.141. The minimum absolute atomic E-state index is 0.0486. The molecule has 2 amide bonds. The van der Waals surface area contributed by atoms with Gasteiger partial charge >= 0.3 is 11.9 Å². The fraction of sp³-hybridized carbons (Fsp3) is 0.312. The zero-order valence-corrected chi connectivity index (χ0v) is 28.0. The Labute approximate surface area is 274 Å². The van der Waals surface area contributed by atoms with Gasteiger partial charge in [-0.25, -0.2) is 9.59 Å². The van der Waals surface area contributed by atoms with Crippen molar-refractivity contribution in [3.8, 4) is 11.4 Å². The highest BCUT2D eigenvalue weighted by Gasteiger charge is 2.29. The second-order valence-corrected chi connectivity index (χ2v) is 12.2. The van der Waals surface area contributed by atoms with E-state index in [2.05, 4.69) is 20.8 Å². The number of amides is 2. The summed E-state index contributed by atoms with van der Waals surface area (Å²) in [7, 11) is 1.54. The SMILES string of the molecule is CCOC(=O)c1sc(NC(=O)C(C)Sc2nnc(CNC(=O)c3cccc(C)c3)n2-c2ccccc2OC)c(C(=O)OCC)c1C. The normalized spacial score (nSPS) is 11.4. The van der Waals surface area contributed by atoms with Crippen LogP contribution in [-0.4, -0.2) is 64.1 Å². The molecule has 0 saturated heterocycles. The topological polar surface area (TPSA) is 151 Å². The number of nitrogens with zero attached hydrogens (tertiary/aromatic N) is 3. The van der Waals surface area contributed by atoms with Crippen LogP contribution in [0.5, 0.6) is 5.75 Å². The molecule has 4 aromatic rings. The van der Waals surface area contributed by atoms with Crippen molar-refractivity contribution in [3.63, 3.8) is 0 Å². The number of aromatic nitrogens is 3. The molecule has 46 heavy (non-hydrogen) atoms. The smallest absolute Gasteiger partial charge is 0.348 e. The molecule has 0 aliphatic heterocycles. The first kappa shape index (κ1) is 34.2. The lowest BCUT2D eigenvalue weighted by Gasteiger charge is -2.16. The number of thiophene rings is 1. The number of esters is 2. The average Bonchev–Trinajstić information content (AvgIpc) is 3.59. The zero-order chi connectivity index (χ0) is 33.4. The molecule has 0 aliphatic rings. The highest BCUT2D eigenvalue weighted by Crippen LogP contribution is 2.36. The Balaban J connectivity index is 1.62. The summed E-state index contributed by atoms with van der Waals surface area (Å²) in [5, 5.41) is 14.2. The van der Waals surface area contributed by atoms with Crippen LogP contribution in [0.2, 0.25) is 0 Å². The minimum Gasteiger partial charge on any atom is -0.495 e. The second-order valence-electron chi connectivity index (χ2n) is 9.91. The maximum atomic E-state index is 13.5. The predicted octanol–water partition coefficient (Wildman–Crippen LogP) is 5.36. The third-order valence-electron chi connectivity index (χ3n) is 6.69. The molecule has 0 saturated carbocycles. The fourth-order valence-corrected chi connectivity index (χ4v) is 6.43. The van der Waals surface area contributed by atoms with Crippen LogP contribution in [0.3, 0.4) is 0 Å². The van der Waals surface area contributed by atoms with Crippen LogP contribution in [-0.2, 0) is 20.8 Å². The first-order chi connectivity index (χ1) is 22.1. The Bertz CT molecular complexity index is 1750. The molecule has 0 bridgehead atoms. The summed E-state index contributed by atoms with van der Waals surface area (Å²) >= 11 is 2.07. The Morgan fingerprint density at radius 1 is 0.978 bits per heavy atom. The number of aryl methyl sites for hydroxylation is 1. The first-order valence-electron chi connectivity index (χ1n) is 14.5. The van der Waals surface area contributed by atoms with Gasteiger partial charge in [-0.05, 0) is 64.4 Å². The standard InChI is InChI=1S/C32H35N5O7S2/c1-7-43-30(40)25-19(4)26(31(41)44-8-2)46-29(25)34-27(38)20(5)45-32-36-35-24(37(32)22-14-9-10-15-23(22)42-6)17-33-28(39)21-13-11-12-18(3)16-21/h9-16,20H,7-8,17H2,1-6H3,(H,33,39)(H,34,38). The van der Waals surface area contributed by atoms with E-state index in [9.17, 15) is 19.2 Å². The minimum atomic E-state index is -0.740. The molecule has 0 fully saturated rings. The number of para-hydroxylation sites is 2. The van der Waals surface area contributed by atoms with Crippen molar-refractivity contribution in [2.75, 3.05) is 25.6 Å². The summed E-state index contributed by atoms with van der Waals surface area (Å²) in [6.07, 6.45) is 0. The molecule has 2 aromatic carbocycles. The van der Waals surface area contributed by atoms with Crippen molar-refractivity contribution >= 4 is 51.9 Å². The van der Waals surface area contributed by atoms with Crippen LogP contribution >= 0.6 is 23.1 Å². The summed E-state index contributed by atoms with van der Waals surface area (Å²) in [4.78, 5) is 52.0. The fourth-order valence-electron chi connectivity index (χ4n) is 4.46. The Morgan fingerprint density at radius 2 is 1.70 bits per heavy atom. The largest absolute Gasteiger partial charge is 0.495 e. The van der Waals surface area contributed by atoms with E-state index in [4.69, 9.17) is 14.2 Å². The number of methoxy groups -OCH3 is 1. The number of nitrogens with one attached hydrogen (secondary N) is 2. The van der Waals surface area contributed by atoms with E-state index >= 15 is 0 Å². The van der Waals surface area contributed by atoms with Crippen LogP contribution in [0, 0.1) is 13.8 Å². The molecule has 242 valence electrons. The monoisotopic (exact) mass is 665 g/mol. The Morgan fingerprint density at radius 3 is 2.39 bits per heavy atom. The number of hydrogen-bond acceptors (Lipinski definition) is 11. The van der Waals surface area contributed by atoms with Gasteiger partial charge in [0.15, 0.2) is 11.0 Å². The molecule has 14 heteroatoms. The van der Waals surface area contributed by atoms with Crippen LogP contribution in [0.1, 0.15) is 68.1 Å². The number of thioether (sulfide) groups is 1. The lowest BCUT2D eigenvalue weighted by atomic mass is 10.1. The van der Waals surface area contributed by atoms with E-state index in [0.717, 1.165) is 28.7 Å². The van der Waals surface area contributed by atoms with Crippen molar-refractivity contribution in [3.05, 3.63) is 81.5 Å². The molecule has 2 N–H and O–H groups in total. The van der Waals surface area contributed by atoms with Gasteiger partial charge in [-0.3, -0.25) is 14.2 Å². The molecule has 1 unspecified atom stereocenters. The van der Waals surface area contributed by atoms with Gasteiger partial charge in [0.05, 0.1) is 43.4 Å². The van der Waals surface area contributed by atoms with Gasteiger partial charge in [0, 0.05) is 5.56 Å². The van der Waals surface area contributed by atoms with Crippen LogP contribution in [0.4, 0.5) is 5.00 Å². The Hall–Kier alpha value is -4.69. The molecule has 4 rings (SSSR count).